The first kappa shape index (κ1) is 13.8. The molecule has 0 spiro atoms. The molecule has 5 N–H and O–H groups in total. The van der Waals surface area contributed by atoms with Gasteiger partial charge in [-0.2, -0.15) is 0 Å². The Balaban J connectivity index is 2.02. The highest BCUT2D eigenvalue weighted by molar-refractivity contribution is 5.94. The number of hydrogen-bond donors (Lipinski definition) is 4. The smallest absolute Gasteiger partial charge is 0.251 e. The van der Waals surface area contributed by atoms with Gasteiger partial charge in [0.15, 0.2) is 5.88 Å². The molecule has 1 heterocycles. The average Bonchev–Trinajstić information content (AvgIpc) is 2.44. The zero-order valence-electron chi connectivity index (χ0n) is 10.7. The minimum atomic E-state index is -0.526. The van der Waals surface area contributed by atoms with E-state index in [-0.39, 0.29) is 11.4 Å². The SMILES string of the molecule is NCc1ccc(CNC(=O)c2cc(O)[nH]c(=O)c2)cc1. The van der Waals surface area contributed by atoms with Gasteiger partial charge in [-0.15, -0.1) is 0 Å². The first-order valence-corrected chi connectivity index (χ1v) is 6.08. The molecule has 0 fully saturated rings. The molecule has 0 atom stereocenters. The Morgan fingerprint density at radius 1 is 1.20 bits per heavy atom. The minimum absolute atomic E-state index is 0.116. The summed E-state index contributed by atoms with van der Waals surface area (Å²) in [6.45, 7) is 0.802. The quantitative estimate of drug-likeness (QED) is 0.649. The number of aromatic amines is 1. The van der Waals surface area contributed by atoms with Crippen molar-refractivity contribution >= 4 is 5.91 Å². The van der Waals surface area contributed by atoms with Gasteiger partial charge in [0.1, 0.15) is 0 Å². The lowest BCUT2D eigenvalue weighted by Gasteiger charge is -2.06. The van der Waals surface area contributed by atoms with Crippen molar-refractivity contribution in [2.24, 2.45) is 5.73 Å². The highest BCUT2D eigenvalue weighted by Gasteiger charge is 2.07. The topological polar surface area (TPSA) is 108 Å². The number of aromatic nitrogens is 1. The van der Waals surface area contributed by atoms with Gasteiger partial charge in [-0.05, 0) is 11.1 Å². The van der Waals surface area contributed by atoms with E-state index in [9.17, 15) is 14.7 Å². The summed E-state index contributed by atoms with van der Waals surface area (Å²) in [5.74, 6) is -0.760. The molecule has 6 nitrogen and oxygen atoms in total. The highest BCUT2D eigenvalue weighted by Crippen LogP contribution is 2.06. The minimum Gasteiger partial charge on any atom is -0.494 e. The monoisotopic (exact) mass is 273 g/mol. The molecular weight excluding hydrogens is 258 g/mol. The third kappa shape index (κ3) is 3.46. The summed E-state index contributed by atoms with van der Waals surface area (Å²) in [5, 5.41) is 11.9. The number of nitrogens with two attached hydrogens (primary N) is 1. The van der Waals surface area contributed by atoms with E-state index in [1.54, 1.807) is 0 Å². The van der Waals surface area contributed by atoms with Crippen molar-refractivity contribution in [1.82, 2.24) is 10.3 Å². The van der Waals surface area contributed by atoms with Crippen LogP contribution in [0, 0.1) is 0 Å². The fourth-order valence-electron chi connectivity index (χ4n) is 1.74. The van der Waals surface area contributed by atoms with Crippen LogP contribution < -0.4 is 16.6 Å². The van der Waals surface area contributed by atoms with Gasteiger partial charge in [0.25, 0.3) is 11.5 Å². The molecule has 0 radical (unpaired) electrons. The van der Waals surface area contributed by atoms with Gasteiger partial charge < -0.3 is 16.2 Å². The van der Waals surface area contributed by atoms with Crippen molar-refractivity contribution in [1.29, 1.82) is 0 Å². The normalized spacial score (nSPS) is 10.2. The molecule has 104 valence electrons. The number of aromatic hydroxyl groups is 1. The third-order valence-corrected chi connectivity index (χ3v) is 2.80. The number of rotatable bonds is 4. The first-order valence-electron chi connectivity index (χ1n) is 6.08. The van der Waals surface area contributed by atoms with Crippen molar-refractivity contribution in [2.45, 2.75) is 13.1 Å². The highest BCUT2D eigenvalue weighted by atomic mass is 16.3. The van der Waals surface area contributed by atoms with Gasteiger partial charge in [-0.25, -0.2) is 0 Å². The fourth-order valence-corrected chi connectivity index (χ4v) is 1.74. The van der Waals surface area contributed by atoms with Crippen LogP contribution in [-0.2, 0) is 13.1 Å². The maximum absolute atomic E-state index is 11.9. The Morgan fingerprint density at radius 3 is 2.45 bits per heavy atom. The molecule has 0 bridgehead atoms. The molecule has 0 aliphatic heterocycles. The fraction of sp³-hybridized carbons (Fsp3) is 0.143. The molecule has 6 heteroatoms. The van der Waals surface area contributed by atoms with Gasteiger partial charge in [-0.3, -0.25) is 14.6 Å². The Hall–Kier alpha value is -2.60. The van der Waals surface area contributed by atoms with Crippen LogP contribution in [0.2, 0.25) is 0 Å². The molecule has 0 saturated carbocycles. The Labute approximate surface area is 115 Å². The summed E-state index contributed by atoms with van der Waals surface area (Å²) < 4.78 is 0. The standard InChI is InChI=1S/C14H15N3O3/c15-7-9-1-3-10(4-2-9)8-16-14(20)11-5-12(18)17-13(19)6-11/h1-6H,7-8,15H2,(H,16,20)(H2,17,18,19). The summed E-state index contributed by atoms with van der Waals surface area (Å²) in [6, 6.07) is 9.86. The number of amides is 1. The average molecular weight is 273 g/mol. The third-order valence-electron chi connectivity index (χ3n) is 2.80. The lowest BCUT2D eigenvalue weighted by Crippen LogP contribution is -2.24. The van der Waals surface area contributed by atoms with E-state index < -0.39 is 11.5 Å². The number of hydrogen-bond acceptors (Lipinski definition) is 4. The van der Waals surface area contributed by atoms with E-state index in [1.165, 1.54) is 6.07 Å². The second-order valence-corrected chi connectivity index (χ2v) is 4.32. The lowest BCUT2D eigenvalue weighted by molar-refractivity contribution is 0.0950. The van der Waals surface area contributed by atoms with Crippen LogP contribution in [0.1, 0.15) is 21.5 Å². The summed E-state index contributed by atoms with van der Waals surface area (Å²) >= 11 is 0. The molecule has 1 aromatic carbocycles. The van der Waals surface area contributed by atoms with Crippen molar-refractivity contribution in [3.63, 3.8) is 0 Å². The van der Waals surface area contributed by atoms with Gasteiger partial charge in [0.2, 0.25) is 0 Å². The number of nitrogens with one attached hydrogen (secondary N) is 2. The lowest BCUT2D eigenvalue weighted by atomic mass is 10.1. The van der Waals surface area contributed by atoms with Gasteiger partial charge in [-0.1, -0.05) is 24.3 Å². The number of carbonyl (C=O) groups excluding carboxylic acids is 1. The van der Waals surface area contributed by atoms with Crippen molar-refractivity contribution in [2.75, 3.05) is 0 Å². The predicted molar refractivity (Wildman–Crippen MR) is 74.2 cm³/mol. The van der Waals surface area contributed by atoms with Gasteiger partial charge in [0.05, 0.1) is 5.56 Å². The number of pyridine rings is 1. The Morgan fingerprint density at radius 2 is 1.85 bits per heavy atom. The number of carbonyl (C=O) groups is 1. The van der Waals surface area contributed by atoms with Crippen LogP contribution in [0.3, 0.4) is 0 Å². The van der Waals surface area contributed by atoms with E-state index in [0.29, 0.717) is 13.1 Å². The van der Waals surface area contributed by atoms with E-state index in [0.717, 1.165) is 17.2 Å². The van der Waals surface area contributed by atoms with Crippen molar-refractivity contribution < 1.29 is 9.90 Å². The van der Waals surface area contributed by atoms with Crippen LogP contribution in [0.15, 0.2) is 41.2 Å². The molecule has 1 aromatic heterocycles. The van der Waals surface area contributed by atoms with E-state index in [1.807, 2.05) is 24.3 Å². The van der Waals surface area contributed by atoms with Gasteiger partial charge >= 0.3 is 0 Å². The second kappa shape index (κ2) is 6.03. The molecule has 1 amide bonds. The van der Waals surface area contributed by atoms with E-state index in [2.05, 4.69) is 10.3 Å². The largest absolute Gasteiger partial charge is 0.494 e. The first-order chi connectivity index (χ1) is 9.58. The number of H-pyrrole nitrogens is 1. The maximum atomic E-state index is 11.9. The van der Waals surface area contributed by atoms with Crippen LogP contribution >= 0.6 is 0 Å². The molecule has 2 aromatic rings. The molecule has 0 unspecified atom stereocenters. The van der Waals surface area contributed by atoms with Crippen LogP contribution in [-0.4, -0.2) is 16.0 Å². The van der Waals surface area contributed by atoms with Crippen molar-refractivity contribution in [3.8, 4) is 5.88 Å². The summed E-state index contributed by atoms with van der Waals surface area (Å²) in [5.41, 5.74) is 7.02. The van der Waals surface area contributed by atoms with Crippen LogP contribution in [0.25, 0.3) is 0 Å². The zero-order valence-corrected chi connectivity index (χ0v) is 10.7. The van der Waals surface area contributed by atoms with Crippen LogP contribution in [0.4, 0.5) is 0 Å². The zero-order chi connectivity index (χ0) is 14.5. The second-order valence-electron chi connectivity index (χ2n) is 4.32. The molecule has 2 rings (SSSR count). The molecule has 0 aliphatic carbocycles. The van der Waals surface area contributed by atoms with E-state index in [4.69, 9.17) is 5.73 Å². The Bertz CT molecular complexity index is 662. The van der Waals surface area contributed by atoms with E-state index >= 15 is 0 Å². The molecule has 20 heavy (non-hydrogen) atoms. The predicted octanol–water partition coefficient (Wildman–Crippen LogP) is 0.469. The molecule has 0 saturated heterocycles. The summed E-state index contributed by atoms with van der Waals surface area (Å²) in [4.78, 5) is 25.2. The van der Waals surface area contributed by atoms with Crippen molar-refractivity contribution in [3.05, 3.63) is 63.4 Å². The summed E-state index contributed by atoms with van der Waals surface area (Å²) in [7, 11) is 0. The summed E-state index contributed by atoms with van der Waals surface area (Å²) in [6.07, 6.45) is 0. The molecular formula is C14H15N3O3. The van der Waals surface area contributed by atoms with Crippen LogP contribution in [0.5, 0.6) is 5.88 Å². The number of benzene rings is 1. The molecule has 0 aliphatic rings. The Kier molecular flexibility index (Phi) is 4.17. The maximum Gasteiger partial charge on any atom is 0.251 e. The van der Waals surface area contributed by atoms with Gasteiger partial charge in [0, 0.05) is 25.2 Å².